The van der Waals surface area contributed by atoms with Crippen molar-refractivity contribution >= 4 is 24.4 Å². The molecule has 0 saturated heterocycles. The van der Waals surface area contributed by atoms with Crippen molar-refractivity contribution in [2.45, 2.75) is 0 Å². The number of anilines is 3. The molecular formula is C19H20BNO4. The molecule has 0 aliphatic rings. The molecule has 0 unspecified atom stereocenters. The summed E-state index contributed by atoms with van der Waals surface area (Å²) in [5, 5.41) is 21.5. The van der Waals surface area contributed by atoms with Crippen molar-refractivity contribution in [3.63, 3.8) is 0 Å². The molecule has 0 spiro atoms. The SMILES string of the molecule is COc1ccc(N(c2ccccc2)c2ccccc2)cc1.OB(O)O. The fraction of sp³-hybridized carbons (Fsp3) is 0.0526. The molecule has 6 heteroatoms. The molecule has 0 amide bonds. The van der Waals surface area contributed by atoms with E-state index in [0.717, 1.165) is 22.8 Å². The molecule has 3 N–H and O–H groups in total. The summed E-state index contributed by atoms with van der Waals surface area (Å²) in [7, 11) is -0.485. The summed E-state index contributed by atoms with van der Waals surface area (Å²) in [6.07, 6.45) is 0. The molecule has 25 heavy (non-hydrogen) atoms. The van der Waals surface area contributed by atoms with Crippen LogP contribution in [0.1, 0.15) is 0 Å². The third-order valence-electron chi connectivity index (χ3n) is 3.36. The van der Waals surface area contributed by atoms with Gasteiger partial charge in [-0.2, -0.15) is 0 Å². The van der Waals surface area contributed by atoms with Gasteiger partial charge in [0.2, 0.25) is 0 Å². The van der Waals surface area contributed by atoms with Gasteiger partial charge in [-0.15, -0.1) is 0 Å². The maximum absolute atomic E-state index is 7.17. The van der Waals surface area contributed by atoms with Crippen LogP contribution < -0.4 is 9.64 Å². The van der Waals surface area contributed by atoms with Crippen molar-refractivity contribution in [2.24, 2.45) is 0 Å². The van der Waals surface area contributed by atoms with Gasteiger partial charge in [0.25, 0.3) is 0 Å². The second-order valence-corrected chi connectivity index (χ2v) is 5.05. The van der Waals surface area contributed by atoms with E-state index in [-0.39, 0.29) is 0 Å². The number of nitrogens with zero attached hydrogens (tertiary/aromatic N) is 1. The fourth-order valence-electron chi connectivity index (χ4n) is 2.33. The first-order valence-electron chi connectivity index (χ1n) is 7.70. The molecule has 0 radical (unpaired) electrons. The molecule has 0 bridgehead atoms. The van der Waals surface area contributed by atoms with Crippen LogP contribution >= 0.6 is 0 Å². The number of benzene rings is 3. The minimum atomic E-state index is -2.17. The first-order chi connectivity index (χ1) is 12.1. The van der Waals surface area contributed by atoms with E-state index in [1.54, 1.807) is 7.11 Å². The zero-order valence-electron chi connectivity index (χ0n) is 13.9. The van der Waals surface area contributed by atoms with E-state index in [9.17, 15) is 0 Å². The van der Waals surface area contributed by atoms with Crippen molar-refractivity contribution in [3.05, 3.63) is 84.9 Å². The molecule has 0 aromatic heterocycles. The predicted molar refractivity (Wildman–Crippen MR) is 100 cm³/mol. The maximum atomic E-state index is 7.17. The lowest BCUT2D eigenvalue weighted by Crippen LogP contribution is -2.09. The number of hydrogen-bond acceptors (Lipinski definition) is 5. The van der Waals surface area contributed by atoms with Crippen LogP contribution in [0.25, 0.3) is 0 Å². The van der Waals surface area contributed by atoms with Crippen molar-refractivity contribution in [1.82, 2.24) is 0 Å². The number of rotatable bonds is 4. The number of hydrogen-bond donors (Lipinski definition) is 3. The van der Waals surface area contributed by atoms with Crippen molar-refractivity contribution < 1.29 is 19.8 Å². The standard InChI is InChI=1S/C19H17NO.BH3O3/c1-21-19-14-12-18(13-15-19)20(16-8-4-2-5-9-16)17-10-6-3-7-11-17;2-1(3)4/h2-15H,1H3;2-4H. The van der Waals surface area contributed by atoms with Crippen LogP contribution in [-0.4, -0.2) is 29.5 Å². The highest BCUT2D eigenvalue weighted by Crippen LogP contribution is 2.34. The van der Waals surface area contributed by atoms with Gasteiger partial charge in [-0.25, -0.2) is 0 Å². The zero-order valence-corrected chi connectivity index (χ0v) is 13.9. The number of para-hydroxylation sites is 2. The Hall–Kier alpha value is -2.80. The molecule has 128 valence electrons. The minimum Gasteiger partial charge on any atom is -0.497 e. The molecule has 5 nitrogen and oxygen atoms in total. The van der Waals surface area contributed by atoms with E-state index >= 15 is 0 Å². The number of methoxy groups -OCH3 is 1. The Labute approximate surface area is 147 Å². The summed E-state index contributed by atoms with van der Waals surface area (Å²) in [5.41, 5.74) is 3.37. The van der Waals surface area contributed by atoms with Crippen LogP contribution in [0.3, 0.4) is 0 Å². The third kappa shape index (κ3) is 5.65. The summed E-state index contributed by atoms with van der Waals surface area (Å²) < 4.78 is 5.24. The quantitative estimate of drug-likeness (QED) is 0.638. The lowest BCUT2D eigenvalue weighted by molar-refractivity contribution is 0.278. The van der Waals surface area contributed by atoms with E-state index in [0.29, 0.717) is 0 Å². The Kier molecular flexibility index (Phi) is 7.04. The highest BCUT2D eigenvalue weighted by atomic mass is 16.5. The first kappa shape index (κ1) is 18.5. The van der Waals surface area contributed by atoms with Gasteiger partial charge >= 0.3 is 7.32 Å². The normalized spacial score (nSPS) is 9.60. The Morgan fingerprint density at radius 3 is 1.36 bits per heavy atom. The first-order valence-corrected chi connectivity index (χ1v) is 7.70. The largest absolute Gasteiger partial charge is 0.631 e. The van der Waals surface area contributed by atoms with Gasteiger partial charge in [0.1, 0.15) is 5.75 Å². The van der Waals surface area contributed by atoms with Gasteiger partial charge in [-0.05, 0) is 48.5 Å². The van der Waals surface area contributed by atoms with Crippen LogP contribution in [-0.2, 0) is 0 Å². The van der Waals surface area contributed by atoms with Crippen molar-refractivity contribution in [1.29, 1.82) is 0 Å². The monoisotopic (exact) mass is 337 g/mol. The van der Waals surface area contributed by atoms with Gasteiger partial charge in [0.05, 0.1) is 7.11 Å². The lowest BCUT2D eigenvalue weighted by Gasteiger charge is -2.25. The third-order valence-corrected chi connectivity index (χ3v) is 3.36. The summed E-state index contributed by atoms with van der Waals surface area (Å²) in [4.78, 5) is 2.22. The van der Waals surface area contributed by atoms with Gasteiger partial charge < -0.3 is 24.7 Å². The molecule has 0 aliphatic heterocycles. The van der Waals surface area contributed by atoms with Gasteiger partial charge in [0.15, 0.2) is 0 Å². The van der Waals surface area contributed by atoms with E-state index in [2.05, 4.69) is 65.6 Å². The van der Waals surface area contributed by atoms with Crippen LogP contribution in [0.15, 0.2) is 84.9 Å². The molecule has 3 aromatic rings. The highest BCUT2D eigenvalue weighted by Gasteiger charge is 2.11. The van der Waals surface area contributed by atoms with E-state index < -0.39 is 7.32 Å². The second-order valence-electron chi connectivity index (χ2n) is 5.05. The van der Waals surface area contributed by atoms with Crippen LogP contribution in [0, 0.1) is 0 Å². The summed E-state index contributed by atoms with van der Waals surface area (Å²) >= 11 is 0. The molecule has 3 rings (SSSR count). The smallest absolute Gasteiger partial charge is 0.497 e. The van der Waals surface area contributed by atoms with Crippen LogP contribution in [0.5, 0.6) is 5.75 Å². The molecule has 3 aromatic carbocycles. The van der Waals surface area contributed by atoms with Crippen LogP contribution in [0.2, 0.25) is 0 Å². The predicted octanol–water partition coefficient (Wildman–Crippen LogP) is 3.11. The Balaban J connectivity index is 0.000000511. The van der Waals surface area contributed by atoms with Crippen molar-refractivity contribution in [3.8, 4) is 5.75 Å². The summed E-state index contributed by atoms with van der Waals surface area (Å²) in [6.45, 7) is 0. The maximum Gasteiger partial charge on any atom is 0.631 e. The van der Waals surface area contributed by atoms with Crippen molar-refractivity contribution in [2.75, 3.05) is 12.0 Å². The molecule has 0 aliphatic carbocycles. The Morgan fingerprint density at radius 1 is 0.640 bits per heavy atom. The molecule has 0 heterocycles. The highest BCUT2D eigenvalue weighted by molar-refractivity contribution is 6.30. The average Bonchev–Trinajstić information content (AvgIpc) is 2.64. The number of ether oxygens (including phenoxy) is 1. The average molecular weight is 337 g/mol. The zero-order chi connectivity index (χ0) is 18.1. The molecule has 0 atom stereocenters. The minimum absolute atomic E-state index is 0.861. The van der Waals surface area contributed by atoms with E-state index in [4.69, 9.17) is 19.8 Å². The molecular weight excluding hydrogens is 317 g/mol. The Morgan fingerprint density at radius 2 is 1.00 bits per heavy atom. The van der Waals surface area contributed by atoms with Gasteiger partial charge in [-0.3, -0.25) is 0 Å². The summed E-state index contributed by atoms with van der Waals surface area (Å²) in [6, 6.07) is 28.8. The Bertz CT molecular complexity index is 694. The molecule has 0 fully saturated rings. The fourth-order valence-corrected chi connectivity index (χ4v) is 2.33. The van der Waals surface area contributed by atoms with E-state index in [1.165, 1.54) is 0 Å². The van der Waals surface area contributed by atoms with E-state index in [1.807, 2.05) is 24.3 Å². The van der Waals surface area contributed by atoms with Crippen LogP contribution in [0.4, 0.5) is 17.1 Å². The second kappa shape index (κ2) is 9.49. The van der Waals surface area contributed by atoms with Gasteiger partial charge in [0, 0.05) is 17.1 Å². The lowest BCUT2D eigenvalue weighted by atomic mass is 10.2. The molecule has 0 saturated carbocycles. The van der Waals surface area contributed by atoms with Gasteiger partial charge in [-0.1, -0.05) is 36.4 Å². The summed E-state index contributed by atoms with van der Waals surface area (Å²) in [5.74, 6) is 0.861. The topological polar surface area (TPSA) is 73.2 Å².